The van der Waals surface area contributed by atoms with Gasteiger partial charge < -0.3 is 14.6 Å². The van der Waals surface area contributed by atoms with Crippen molar-refractivity contribution in [2.24, 2.45) is 7.05 Å². The molecule has 1 N–H and O–H groups in total. The molecule has 0 aliphatic rings. The van der Waals surface area contributed by atoms with Crippen LogP contribution in [0.5, 0.6) is 5.75 Å². The van der Waals surface area contributed by atoms with Gasteiger partial charge in [0.2, 0.25) is 0 Å². The highest BCUT2D eigenvalue weighted by molar-refractivity contribution is 5.34. The summed E-state index contributed by atoms with van der Waals surface area (Å²) in [7, 11) is 1.96. The van der Waals surface area contributed by atoms with Crippen molar-refractivity contribution in [3.05, 3.63) is 47.8 Å². The Bertz CT molecular complexity index is 554. The van der Waals surface area contributed by atoms with Gasteiger partial charge in [0.15, 0.2) is 0 Å². The summed E-state index contributed by atoms with van der Waals surface area (Å²) in [5, 5.41) is 3.18. The minimum Gasteiger partial charge on any atom is -0.493 e. The lowest BCUT2D eigenvalue weighted by Gasteiger charge is -2.12. The summed E-state index contributed by atoms with van der Waals surface area (Å²) < 4.78 is 21.0. The molecule has 0 radical (unpaired) electrons. The van der Waals surface area contributed by atoms with Crippen LogP contribution in [-0.2, 0) is 20.0 Å². The molecule has 108 valence electrons. The van der Waals surface area contributed by atoms with E-state index >= 15 is 0 Å². The molecule has 0 saturated heterocycles. The second-order valence-corrected chi connectivity index (χ2v) is 4.59. The fraction of sp³-hybridized carbons (Fsp3) is 0.400. The normalized spacial score (nSPS) is 10.8. The van der Waals surface area contributed by atoms with Gasteiger partial charge in [-0.1, -0.05) is 6.92 Å². The SMILES string of the molecule is CCNCc1cc(F)ccc1OCCc1nccn1C. The van der Waals surface area contributed by atoms with Gasteiger partial charge in [-0.05, 0) is 24.7 Å². The van der Waals surface area contributed by atoms with Crippen LogP contribution in [-0.4, -0.2) is 22.7 Å². The fourth-order valence-corrected chi connectivity index (χ4v) is 1.98. The van der Waals surface area contributed by atoms with Crippen molar-refractivity contribution < 1.29 is 9.13 Å². The van der Waals surface area contributed by atoms with Gasteiger partial charge in [0.1, 0.15) is 17.4 Å². The van der Waals surface area contributed by atoms with E-state index in [2.05, 4.69) is 10.3 Å². The number of aromatic nitrogens is 2. The Balaban J connectivity index is 1.96. The zero-order valence-corrected chi connectivity index (χ0v) is 11.9. The number of imidazole rings is 1. The Morgan fingerprint density at radius 3 is 2.95 bits per heavy atom. The van der Waals surface area contributed by atoms with Gasteiger partial charge in [0, 0.05) is 38.0 Å². The van der Waals surface area contributed by atoms with Crippen LogP contribution in [0.15, 0.2) is 30.6 Å². The first kappa shape index (κ1) is 14.5. The van der Waals surface area contributed by atoms with E-state index in [-0.39, 0.29) is 5.82 Å². The quantitative estimate of drug-likeness (QED) is 0.844. The highest BCUT2D eigenvalue weighted by Gasteiger charge is 2.06. The lowest BCUT2D eigenvalue weighted by molar-refractivity contribution is 0.313. The number of benzene rings is 1. The van der Waals surface area contributed by atoms with Crippen molar-refractivity contribution in [2.75, 3.05) is 13.2 Å². The molecule has 1 aromatic heterocycles. The first-order valence-corrected chi connectivity index (χ1v) is 6.79. The highest BCUT2D eigenvalue weighted by Crippen LogP contribution is 2.19. The number of hydrogen-bond acceptors (Lipinski definition) is 3. The first-order chi connectivity index (χ1) is 9.70. The van der Waals surface area contributed by atoms with E-state index in [4.69, 9.17) is 4.74 Å². The second kappa shape index (κ2) is 7.05. The molecule has 2 rings (SSSR count). The maximum atomic E-state index is 13.3. The van der Waals surface area contributed by atoms with Crippen molar-refractivity contribution >= 4 is 0 Å². The van der Waals surface area contributed by atoms with Gasteiger partial charge in [0.25, 0.3) is 0 Å². The molecule has 0 saturated carbocycles. The Labute approximate surface area is 118 Å². The molecule has 0 aliphatic heterocycles. The van der Waals surface area contributed by atoms with E-state index < -0.39 is 0 Å². The van der Waals surface area contributed by atoms with E-state index in [0.29, 0.717) is 13.2 Å². The largest absolute Gasteiger partial charge is 0.493 e. The number of halogens is 1. The summed E-state index contributed by atoms with van der Waals surface area (Å²) >= 11 is 0. The Kier molecular flexibility index (Phi) is 5.12. The average molecular weight is 277 g/mol. The lowest BCUT2D eigenvalue weighted by atomic mass is 10.2. The van der Waals surface area contributed by atoms with Gasteiger partial charge in [-0.2, -0.15) is 0 Å². The molecule has 0 bridgehead atoms. The molecule has 1 heterocycles. The zero-order chi connectivity index (χ0) is 14.4. The number of nitrogens with one attached hydrogen (secondary N) is 1. The van der Waals surface area contributed by atoms with E-state index in [1.54, 1.807) is 12.3 Å². The van der Waals surface area contributed by atoms with Crippen molar-refractivity contribution in [3.63, 3.8) is 0 Å². The third-order valence-corrected chi connectivity index (χ3v) is 3.09. The van der Waals surface area contributed by atoms with Crippen LogP contribution in [0.2, 0.25) is 0 Å². The summed E-state index contributed by atoms with van der Waals surface area (Å²) in [5.74, 6) is 1.45. The predicted octanol–water partition coefficient (Wildman–Crippen LogP) is 2.29. The molecule has 0 aliphatic carbocycles. The van der Waals surface area contributed by atoms with Gasteiger partial charge >= 0.3 is 0 Å². The van der Waals surface area contributed by atoms with Gasteiger partial charge in [-0.3, -0.25) is 0 Å². The number of aryl methyl sites for hydroxylation is 1. The maximum Gasteiger partial charge on any atom is 0.124 e. The summed E-state index contributed by atoms with van der Waals surface area (Å²) in [6.45, 7) is 3.98. The van der Waals surface area contributed by atoms with Crippen molar-refractivity contribution in [3.8, 4) is 5.75 Å². The molecule has 1 aromatic carbocycles. The van der Waals surface area contributed by atoms with Crippen LogP contribution in [0.4, 0.5) is 4.39 Å². The summed E-state index contributed by atoms with van der Waals surface area (Å²) in [4.78, 5) is 4.24. The summed E-state index contributed by atoms with van der Waals surface area (Å²) in [6.07, 6.45) is 4.40. The fourth-order valence-electron chi connectivity index (χ4n) is 1.98. The summed E-state index contributed by atoms with van der Waals surface area (Å²) in [6, 6.07) is 4.62. The molecule has 0 amide bonds. The van der Waals surface area contributed by atoms with Crippen LogP contribution in [0.3, 0.4) is 0 Å². The molecule has 20 heavy (non-hydrogen) atoms. The van der Waals surface area contributed by atoms with E-state index in [1.165, 1.54) is 12.1 Å². The molecular weight excluding hydrogens is 257 g/mol. The van der Waals surface area contributed by atoms with Crippen LogP contribution in [0.1, 0.15) is 18.3 Å². The number of rotatable bonds is 7. The molecule has 0 fully saturated rings. The standard InChI is InChI=1S/C15H20FN3O/c1-3-17-11-12-10-13(16)4-5-14(12)20-9-6-15-18-7-8-19(15)2/h4-5,7-8,10,17H,3,6,9,11H2,1-2H3. The molecule has 5 heteroatoms. The van der Waals surface area contributed by atoms with E-state index in [0.717, 1.165) is 30.1 Å². The van der Waals surface area contributed by atoms with E-state index in [1.807, 2.05) is 24.7 Å². The van der Waals surface area contributed by atoms with Crippen LogP contribution < -0.4 is 10.1 Å². The molecule has 0 spiro atoms. The Morgan fingerprint density at radius 1 is 1.40 bits per heavy atom. The first-order valence-electron chi connectivity index (χ1n) is 6.79. The Morgan fingerprint density at radius 2 is 2.25 bits per heavy atom. The minimum absolute atomic E-state index is 0.241. The van der Waals surface area contributed by atoms with Crippen molar-refractivity contribution in [1.82, 2.24) is 14.9 Å². The molecule has 2 aromatic rings. The average Bonchev–Trinajstić information content (AvgIpc) is 2.84. The predicted molar refractivity (Wildman–Crippen MR) is 76.2 cm³/mol. The van der Waals surface area contributed by atoms with Crippen LogP contribution in [0.25, 0.3) is 0 Å². The van der Waals surface area contributed by atoms with Crippen molar-refractivity contribution in [1.29, 1.82) is 0 Å². The number of hydrogen-bond donors (Lipinski definition) is 1. The van der Waals surface area contributed by atoms with Crippen LogP contribution >= 0.6 is 0 Å². The highest BCUT2D eigenvalue weighted by atomic mass is 19.1. The number of ether oxygens (including phenoxy) is 1. The Hall–Kier alpha value is -1.88. The van der Waals surface area contributed by atoms with Crippen molar-refractivity contribution in [2.45, 2.75) is 19.9 Å². The van der Waals surface area contributed by atoms with Gasteiger partial charge in [-0.25, -0.2) is 9.37 Å². The van der Waals surface area contributed by atoms with Gasteiger partial charge in [0.05, 0.1) is 6.61 Å². The smallest absolute Gasteiger partial charge is 0.124 e. The monoisotopic (exact) mass is 277 g/mol. The maximum absolute atomic E-state index is 13.3. The third-order valence-electron chi connectivity index (χ3n) is 3.09. The number of nitrogens with zero attached hydrogens (tertiary/aromatic N) is 2. The topological polar surface area (TPSA) is 39.1 Å². The third kappa shape index (κ3) is 3.81. The lowest BCUT2D eigenvalue weighted by Crippen LogP contribution is -2.14. The molecule has 0 atom stereocenters. The zero-order valence-electron chi connectivity index (χ0n) is 11.9. The van der Waals surface area contributed by atoms with E-state index in [9.17, 15) is 4.39 Å². The minimum atomic E-state index is -0.241. The molecule has 0 unspecified atom stereocenters. The molecule has 4 nitrogen and oxygen atoms in total. The summed E-state index contributed by atoms with van der Waals surface area (Å²) in [5.41, 5.74) is 0.840. The van der Waals surface area contributed by atoms with Crippen LogP contribution in [0, 0.1) is 5.82 Å². The molecular formula is C15H20FN3O. The van der Waals surface area contributed by atoms with Gasteiger partial charge in [-0.15, -0.1) is 0 Å². The second-order valence-electron chi connectivity index (χ2n) is 4.59.